The molecule has 2 N–H and O–H groups in total. The molecule has 0 bridgehead atoms. The summed E-state index contributed by atoms with van der Waals surface area (Å²) in [5.41, 5.74) is -1.91. The van der Waals surface area contributed by atoms with Gasteiger partial charge in [-0.15, -0.1) is 0 Å². The number of carbonyl (C=O) groups is 3. The van der Waals surface area contributed by atoms with Crippen LogP contribution in [0.1, 0.15) is 48.0 Å². The summed E-state index contributed by atoms with van der Waals surface area (Å²) in [6, 6.07) is -0.626. The summed E-state index contributed by atoms with van der Waals surface area (Å²) >= 11 is 0. The van der Waals surface area contributed by atoms with Crippen molar-refractivity contribution in [3.05, 3.63) is 0 Å². The lowest BCUT2D eigenvalue weighted by Crippen LogP contribution is -2.48. The van der Waals surface area contributed by atoms with Crippen molar-refractivity contribution in [2.75, 3.05) is 0 Å². The van der Waals surface area contributed by atoms with E-state index < -0.39 is 29.9 Å². The Balaban J connectivity index is -0.00000180. The van der Waals surface area contributed by atoms with Crippen LogP contribution in [-0.4, -0.2) is 40.5 Å². The standard InChI is InChI=1S/C14H25NO5.2H2S/c1-8(2)12(10(5)16)15-11(17)7-14(6,19)13(18)20-9(3)4;;/h8-9,12,19H,7H2,1-6H3,(H,15,17);2*1H2/t12?,14-;;/m0../s1. The van der Waals surface area contributed by atoms with E-state index in [9.17, 15) is 19.5 Å². The van der Waals surface area contributed by atoms with Gasteiger partial charge in [-0.1, -0.05) is 13.8 Å². The molecule has 0 spiro atoms. The van der Waals surface area contributed by atoms with Gasteiger partial charge in [0.05, 0.1) is 18.6 Å². The first-order valence-electron chi connectivity index (χ1n) is 6.70. The van der Waals surface area contributed by atoms with E-state index in [0.717, 1.165) is 0 Å². The lowest BCUT2D eigenvalue weighted by molar-refractivity contribution is -0.170. The van der Waals surface area contributed by atoms with Crippen LogP contribution in [0.25, 0.3) is 0 Å². The third kappa shape index (κ3) is 9.32. The minimum Gasteiger partial charge on any atom is -0.461 e. The largest absolute Gasteiger partial charge is 0.461 e. The van der Waals surface area contributed by atoms with E-state index in [1.165, 1.54) is 13.8 Å². The van der Waals surface area contributed by atoms with Crippen molar-refractivity contribution in [3.63, 3.8) is 0 Å². The van der Waals surface area contributed by atoms with E-state index in [2.05, 4.69) is 5.32 Å². The molecule has 0 aromatic rings. The Morgan fingerprint density at radius 3 is 1.91 bits per heavy atom. The van der Waals surface area contributed by atoms with Crippen LogP contribution >= 0.6 is 27.0 Å². The molecule has 0 aliphatic heterocycles. The van der Waals surface area contributed by atoms with Crippen LogP contribution in [0.3, 0.4) is 0 Å². The van der Waals surface area contributed by atoms with Crippen molar-refractivity contribution in [1.82, 2.24) is 5.32 Å². The molecule has 132 valence electrons. The molecule has 8 heteroatoms. The highest BCUT2D eigenvalue weighted by atomic mass is 32.1. The number of nitrogens with one attached hydrogen (secondary N) is 1. The molecule has 0 aliphatic rings. The topological polar surface area (TPSA) is 92.7 Å². The van der Waals surface area contributed by atoms with Gasteiger partial charge in [0, 0.05) is 0 Å². The van der Waals surface area contributed by atoms with Crippen LogP contribution in [-0.2, 0) is 19.1 Å². The maximum atomic E-state index is 11.8. The Kier molecular flexibility index (Phi) is 13.0. The van der Waals surface area contributed by atoms with Crippen molar-refractivity contribution < 1.29 is 24.2 Å². The molecule has 0 saturated heterocycles. The molecule has 22 heavy (non-hydrogen) atoms. The molecule has 0 fully saturated rings. The van der Waals surface area contributed by atoms with E-state index in [1.807, 2.05) is 0 Å². The first-order chi connectivity index (χ1) is 8.97. The summed E-state index contributed by atoms with van der Waals surface area (Å²) in [4.78, 5) is 34.9. The van der Waals surface area contributed by atoms with E-state index in [-0.39, 0.29) is 44.8 Å². The second-order valence-electron chi connectivity index (χ2n) is 5.80. The maximum Gasteiger partial charge on any atom is 0.338 e. The van der Waals surface area contributed by atoms with Crippen molar-refractivity contribution in [1.29, 1.82) is 0 Å². The number of hydrogen-bond donors (Lipinski definition) is 2. The third-order valence-corrected chi connectivity index (χ3v) is 2.71. The maximum absolute atomic E-state index is 11.8. The smallest absolute Gasteiger partial charge is 0.338 e. The van der Waals surface area contributed by atoms with Crippen LogP contribution in [0.5, 0.6) is 0 Å². The third-order valence-electron chi connectivity index (χ3n) is 2.71. The molecule has 0 radical (unpaired) electrons. The lowest BCUT2D eigenvalue weighted by Gasteiger charge is -2.24. The zero-order valence-electron chi connectivity index (χ0n) is 14.0. The van der Waals surface area contributed by atoms with E-state index in [0.29, 0.717) is 0 Å². The number of ether oxygens (including phenoxy) is 1. The normalized spacial score (nSPS) is 14.2. The Labute approximate surface area is 146 Å². The van der Waals surface area contributed by atoms with Crippen molar-refractivity contribution in [3.8, 4) is 0 Å². The lowest BCUT2D eigenvalue weighted by atomic mass is 9.98. The molecule has 0 heterocycles. The number of aliphatic hydroxyl groups is 1. The summed E-state index contributed by atoms with van der Waals surface area (Å²) in [5.74, 6) is -1.65. The molecule has 0 aliphatic carbocycles. The highest BCUT2D eigenvalue weighted by Crippen LogP contribution is 2.14. The molecule has 2 atom stereocenters. The second-order valence-corrected chi connectivity index (χ2v) is 5.80. The summed E-state index contributed by atoms with van der Waals surface area (Å²) < 4.78 is 4.88. The summed E-state index contributed by atoms with van der Waals surface area (Å²) in [7, 11) is 0. The van der Waals surface area contributed by atoms with Crippen molar-refractivity contribution in [2.45, 2.75) is 65.7 Å². The van der Waals surface area contributed by atoms with Crippen LogP contribution in [0.4, 0.5) is 0 Å². The highest BCUT2D eigenvalue weighted by molar-refractivity contribution is 7.59. The van der Waals surface area contributed by atoms with Gasteiger partial charge in [-0.05, 0) is 33.6 Å². The summed E-state index contributed by atoms with van der Waals surface area (Å²) in [6.07, 6.45) is -0.827. The van der Waals surface area contributed by atoms with Crippen molar-refractivity contribution in [2.24, 2.45) is 5.92 Å². The number of hydrogen-bond acceptors (Lipinski definition) is 5. The molecule has 0 aromatic heterocycles. The van der Waals surface area contributed by atoms with Gasteiger partial charge in [0.25, 0.3) is 0 Å². The summed E-state index contributed by atoms with van der Waals surface area (Å²) in [5, 5.41) is 12.5. The van der Waals surface area contributed by atoms with Crippen LogP contribution in [0, 0.1) is 5.92 Å². The average molecular weight is 356 g/mol. The van der Waals surface area contributed by atoms with Gasteiger partial charge in [-0.25, -0.2) is 4.79 Å². The number of amides is 1. The Hall–Kier alpha value is -0.730. The number of Topliss-reactive ketones (excluding diaryl/α,β-unsaturated/α-hetero) is 1. The van der Waals surface area contributed by atoms with Gasteiger partial charge >= 0.3 is 5.97 Å². The van der Waals surface area contributed by atoms with Gasteiger partial charge in [-0.2, -0.15) is 27.0 Å². The fraction of sp³-hybridized carbons (Fsp3) is 0.786. The van der Waals surface area contributed by atoms with E-state index in [1.54, 1.807) is 27.7 Å². The zero-order chi connectivity index (χ0) is 16.1. The van der Waals surface area contributed by atoms with Gasteiger partial charge in [0.1, 0.15) is 0 Å². The number of rotatable bonds is 7. The molecule has 0 aromatic carbocycles. The molecule has 6 nitrogen and oxygen atoms in total. The van der Waals surface area contributed by atoms with Gasteiger partial charge in [0.15, 0.2) is 11.4 Å². The van der Waals surface area contributed by atoms with E-state index >= 15 is 0 Å². The van der Waals surface area contributed by atoms with Gasteiger partial charge in [0.2, 0.25) is 5.91 Å². The van der Waals surface area contributed by atoms with Gasteiger partial charge in [-0.3, -0.25) is 9.59 Å². The molecule has 0 rings (SSSR count). The number of ketones is 1. The van der Waals surface area contributed by atoms with Crippen LogP contribution in [0.2, 0.25) is 0 Å². The molecule has 1 amide bonds. The first-order valence-corrected chi connectivity index (χ1v) is 6.70. The highest BCUT2D eigenvalue weighted by Gasteiger charge is 2.36. The predicted molar refractivity (Wildman–Crippen MR) is 94.7 cm³/mol. The zero-order valence-corrected chi connectivity index (χ0v) is 16.0. The number of esters is 1. The minimum atomic E-state index is -1.91. The fourth-order valence-electron chi connectivity index (χ4n) is 1.69. The van der Waals surface area contributed by atoms with Crippen LogP contribution < -0.4 is 5.32 Å². The fourth-order valence-corrected chi connectivity index (χ4v) is 1.69. The molecule has 0 saturated carbocycles. The molecular weight excluding hydrogens is 326 g/mol. The minimum absolute atomic E-state index is 0. The number of carbonyl (C=O) groups excluding carboxylic acids is 3. The quantitative estimate of drug-likeness (QED) is 0.666. The monoisotopic (exact) mass is 355 g/mol. The predicted octanol–water partition coefficient (Wildman–Crippen LogP) is 1.03. The SMILES string of the molecule is CC(=O)C(NC(=O)C[C@](C)(O)C(=O)OC(C)C)C(C)C.S.S. The Bertz CT molecular complexity index is 383. The molecular formula is C14H29NO5S2. The Morgan fingerprint density at radius 1 is 1.14 bits per heavy atom. The Morgan fingerprint density at radius 2 is 1.59 bits per heavy atom. The van der Waals surface area contributed by atoms with E-state index in [4.69, 9.17) is 4.74 Å². The summed E-state index contributed by atoms with van der Waals surface area (Å²) in [6.45, 7) is 9.51. The second kappa shape index (κ2) is 10.9. The van der Waals surface area contributed by atoms with Gasteiger partial charge < -0.3 is 15.2 Å². The van der Waals surface area contributed by atoms with Crippen LogP contribution in [0.15, 0.2) is 0 Å². The molecule has 1 unspecified atom stereocenters. The van der Waals surface area contributed by atoms with Crippen molar-refractivity contribution >= 4 is 44.7 Å². The first kappa shape index (κ1) is 26.2. The average Bonchev–Trinajstić information content (AvgIpc) is 2.23.